The Morgan fingerprint density at radius 3 is 2.83 bits per heavy atom. The first-order valence-electron chi connectivity index (χ1n) is 10.2. The smallest absolute Gasteiger partial charge is 0.123 e. The molecule has 2 fully saturated rings. The number of likely N-dealkylation sites (N-methyl/N-ethyl adjacent to an activating group) is 1. The number of rotatable bonds is 6. The summed E-state index contributed by atoms with van der Waals surface area (Å²) >= 11 is 0. The molecule has 1 aromatic heterocycles. The molecule has 7 nitrogen and oxygen atoms in total. The summed E-state index contributed by atoms with van der Waals surface area (Å²) in [6.07, 6.45) is 7.55. The molecule has 2 heterocycles. The fourth-order valence-corrected chi connectivity index (χ4v) is 3.92. The molecule has 2 N–H and O–H groups in total. The minimum absolute atomic E-state index is 0.167. The van der Waals surface area contributed by atoms with Crippen molar-refractivity contribution in [1.82, 2.24) is 20.2 Å². The number of fused-ring (bicyclic) bond motifs is 1. The number of aldehydes is 1. The number of piperazine rings is 1. The van der Waals surface area contributed by atoms with Crippen molar-refractivity contribution >= 4 is 34.8 Å². The molecule has 1 aliphatic heterocycles. The van der Waals surface area contributed by atoms with Crippen LogP contribution in [0.25, 0.3) is 16.6 Å². The molecule has 2 aliphatic rings. The highest BCUT2D eigenvalue weighted by atomic mass is 16.1. The van der Waals surface area contributed by atoms with Gasteiger partial charge in [0, 0.05) is 61.3 Å². The highest BCUT2D eigenvalue weighted by molar-refractivity contribution is 6.07. The number of anilines is 1. The van der Waals surface area contributed by atoms with Crippen LogP contribution in [0.2, 0.25) is 0 Å². The van der Waals surface area contributed by atoms with Crippen molar-refractivity contribution in [1.29, 1.82) is 5.41 Å². The third-order valence-corrected chi connectivity index (χ3v) is 6.14. The Kier molecular flexibility index (Phi) is 5.58. The molecule has 2 aromatic rings. The Morgan fingerprint density at radius 1 is 1.28 bits per heavy atom. The number of aromatic nitrogens is 2. The van der Waals surface area contributed by atoms with E-state index in [1.165, 1.54) is 6.21 Å². The zero-order chi connectivity index (χ0) is 20.4. The number of carbonyl (C=O) groups excluding carboxylic acids is 1. The number of allylic oxidation sites excluding steroid dienone is 1. The maximum Gasteiger partial charge on any atom is 0.123 e. The number of nitrogens with zero attached hydrogens (tertiary/aromatic N) is 4. The molecule has 7 heteroatoms. The second-order valence-corrected chi connectivity index (χ2v) is 8.18. The van der Waals surface area contributed by atoms with Crippen LogP contribution in [0.1, 0.15) is 25.5 Å². The van der Waals surface area contributed by atoms with Crippen molar-refractivity contribution < 1.29 is 4.79 Å². The van der Waals surface area contributed by atoms with Gasteiger partial charge in [0.05, 0.1) is 22.9 Å². The van der Waals surface area contributed by atoms with E-state index < -0.39 is 0 Å². The van der Waals surface area contributed by atoms with Gasteiger partial charge in [-0.1, -0.05) is 0 Å². The molecule has 1 aliphatic carbocycles. The maximum atomic E-state index is 10.7. The number of hydrogen-bond acceptors (Lipinski definition) is 7. The van der Waals surface area contributed by atoms with Gasteiger partial charge in [-0.25, -0.2) is 4.98 Å². The second kappa shape index (κ2) is 8.29. The topological polar surface area (TPSA) is 85.2 Å². The molecule has 4 rings (SSSR count). The molecule has 0 radical (unpaired) electrons. The monoisotopic (exact) mass is 392 g/mol. The molecule has 0 amide bonds. The van der Waals surface area contributed by atoms with Gasteiger partial charge in [-0.05, 0) is 45.0 Å². The third kappa shape index (κ3) is 4.15. The summed E-state index contributed by atoms with van der Waals surface area (Å²) in [5.41, 5.74) is 4.22. The van der Waals surface area contributed by atoms with E-state index in [1.54, 1.807) is 6.20 Å². The Hall–Kier alpha value is -2.80. The molecule has 152 valence electrons. The van der Waals surface area contributed by atoms with Crippen molar-refractivity contribution in [2.75, 3.05) is 31.6 Å². The SMILES string of the molecule is C[C@@H]1CN(c2ccc3ncc(/C(C=N)=C/NC4CC(C=O)C4)nc3c2)CCN1C. The lowest BCUT2D eigenvalue weighted by Gasteiger charge is -2.39. The van der Waals surface area contributed by atoms with Crippen LogP contribution in [0, 0.1) is 11.3 Å². The van der Waals surface area contributed by atoms with Gasteiger partial charge in [0.2, 0.25) is 0 Å². The van der Waals surface area contributed by atoms with Crippen molar-refractivity contribution in [2.45, 2.75) is 31.8 Å². The van der Waals surface area contributed by atoms with E-state index in [9.17, 15) is 4.79 Å². The molecule has 0 unspecified atom stereocenters. The fraction of sp³-hybridized carbons (Fsp3) is 0.455. The van der Waals surface area contributed by atoms with Crippen LogP contribution in [0.5, 0.6) is 0 Å². The Morgan fingerprint density at radius 2 is 2.10 bits per heavy atom. The van der Waals surface area contributed by atoms with Gasteiger partial charge in [-0.3, -0.25) is 4.98 Å². The maximum absolute atomic E-state index is 10.7. The molecule has 0 spiro atoms. The molecule has 1 atom stereocenters. The Bertz CT molecular complexity index is 936. The van der Waals surface area contributed by atoms with Crippen molar-refractivity contribution in [3.8, 4) is 0 Å². The van der Waals surface area contributed by atoms with E-state index in [4.69, 9.17) is 10.4 Å². The van der Waals surface area contributed by atoms with Crippen LogP contribution in [0.3, 0.4) is 0 Å². The van der Waals surface area contributed by atoms with Crippen LogP contribution in [-0.4, -0.2) is 66.1 Å². The molecule has 1 aromatic carbocycles. The Labute approximate surface area is 171 Å². The van der Waals surface area contributed by atoms with E-state index in [-0.39, 0.29) is 5.92 Å². The van der Waals surface area contributed by atoms with Crippen LogP contribution in [-0.2, 0) is 4.79 Å². The average molecular weight is 393 g/mol. The molecular weight excluding hydrogens is 364 g/mol. The fourth-order valence-electron chi connectivity index (χ4n) is 3.92. The number of hydrogen-bond donors (Lipinski definition) is 2. The number of carbonyl (C=O) groups is 1. The standard InChI is InChI=1S/C22H28N6O/c1-15-13-28(6-5-27(15)2)19-3-4-20-21(9-19)26-22(12-25-20)17(10-23)11-24-18-7-16(8-18)14-29/h3-4,9-12,14-16,18,23-24H,5-8,13H2,1-2H3/b17-11+,23-10?/t15-,16?,18?/m1/s1. The highest BCUT2D eigenvalue weighted by Gasteiger charge is 2.27. The first-order valence-corrected chi connectivity index (χ1v) is 10.2. The minimum atomic E-state index is 0.167. The zero-order valence-corrected chi connectivity index (χ0v) is 17.0. The molecule has 29 heavy (non-hydrogen) atoms. The summed E-state index contributed by atoms with van der Waals surface area (Å²) in [6.45, 7) is 5.29. The van der Waals surface area contributed by atoms with Gasteiger partial charge in [-0.15, -0.1) is 0 Å². The van der Waals surface area contributed by atoms with Gasteiger partial charge >= 0.3 is 0 Å². The summed E-state index contributed by atoms with van der Waals surface area (Å²) in [5, 5.41) is 11.1. The average Bonchev–Trinajstić information content (AvgIpc) is 2.71. The van der Waals surface area contributed by atoms with Crippen LogP contribution >= 0.6 is 0 Å². The molecular formula is C22H28N6O. The lowest BCUT2D eigenvalue weighted by atomic mass is 9.81. The van der Waals surface area contributed by atoms with Crippen molar-refractivity contribution in [3.05, 3.63) is 36.3 Å². The summed E-state index contributed by atoms with van der Waals surface area (Å²) in [7, 11) is 2.17. The van der Waals surface area contributed by atoms with Gasteiger partial charge in [0.25, 0.3) is 0 Å². The highest BCUT2D eigenvalue weighted by Crippen LogP contribution is 2.26. The number of nitrogens with one attached hydrogen (secondary N) is 2. The van der Waals surface area contributed by atoms with Gasteiger partial charge in [0.1, 0.15) is 6.29 Å². The van der Waals surface area contributed by atoms with Crippen LogP contribution in [0.4, 0.5) is 5.69 Å². The van der Waals surface area contributed by atoms with E-state index in [1.807, 2.05) is 12.3 Å². The molecule has 0 bridgehead atoms. The summed E-state index contributed by atoms with van der Waals surface area (Å²) in [5.74, 6) is 0.167. The predicted octanol–water partition coefficient (Wildman–Crippen LogP) is 2.33. The molecule has 1 saturated carbocycles. The van der Waals surface area contributed by atoms with Crippen molar-refractivity contribution in [2.24, 2.45) is 5.92 Å². The van der Waals surface area contributed by atoms with Gasteiger partial charge in [-0.2, -0.15) is 0 Å². The summed E-state index contributed by atoms with van der Waals surface area (Å²) in [6, 6.07) is 7.04. The predicted molar refractivity (Wildman–Crippen MR) is 116 cm³/mol. The Balaban J connectivity index is 1.54. The first kappa shape index (κ1) is 19.5. The quantitative estimate of drug-likeness (QED) is 0.580. The van der Waals surface area contributed by atoms with Crippen LogP contribution in [0.15, 0.2) is 30.6 Å². The van der Waals surface area contributed by atoms with E-state index in [2.05, 4.69) is 46.2 Å². The lowest BCUT2D eigenvalue weighted by Crippen LogP contribution is -2.50. The largest absolute Gasteiger partial charge is 0.388 e. The molecule has 1 saturated heterocycles. The lowest BCUT2D eigenvalue weighted by molar-refractivity contribution is -0.113. The zero-order valence-electron chi connectivity index (χ0n) is 17.0. The number of benzene rings is 1. The van der Waals surface area contributed by atoms with E-state index in [0.717, 1.165) is 55.5 Å². The van der Waals surface area contributed by atoms with Gasteiger partial charge < -0.3 is 25.3 Å². The van der Waals surface area contributed by atoms with E-state index >= 15 is 0 Å². The van der Waals surface area contributed by atoms with Crippen LogP contribution < -0.4 is 10.2 Å². The second-order valence-electron chi connectivity index (χ2n) is 8.18. The van der Waals surface area contributed by atoms with E-state index in [0.29, 0.717) is 23.4 Å². The summed E-state index contributed by atoms with van der Waals surface area (Å²) in [4.78, 5) is 24.8. The van der Waals surface area contributed by atoms with Gasteiger partial charge in [0.15, 0.2) is 0 Å². The minimum Gasteiger partial charge on any atom is -0.388 e. The third-order valence-electron chi connectivity index (χ3n) is 6.14. The first-order chi connectivity index (χ1) is 14.1. The van der Waals surface area contributed by atoms with Crippen molar-refractivity contribution in [3.63, 3.8) is 0 Å². The summed E-state index contributed by atoms with van der Waals surface area (Å²) < 4.78 is 0. The normalized spacial score (nSPS) is 25.5.